The Labute approximate surface area is 113 Å². The normalized spacial score (nSPS) is 44.2. The van der Waals surface area contributed by atoms with Crippen molar-refractivity contribution in [2.75, 3.05) is 33.2 Å². The third-order valence-corrected chi connectivity index (χ3v) is 5.19. The van der Waals surface area contributed by atoms with Crippen molar-refractivity contribution in [3.05, 3.63) is 0 Å². The summed E-state index contributed by atoms with van der Waals surface area (Å²) in [7, 11) is 2.25. The molecule has 3 heteroatoms. The Hall–Kier alpha value is -0.120. The highest BCUT2D eigenvalue weighted by Crippen LogP contribution is 2.28. The molecule has 2 saturated heterocycles. The van der Waals surface area contributed by atoms with E-state index < -0.39 is 0 Å². The van der Waals surface area contributed by atoms with E-state index in [4.69, 9.17) is 0 Å². The molecule has 2 rings (SSSR count). The molecule has 2 fully saturated rings. The number of piperazine rings is 1. The average molecular weight is 253 g/mol. The third kappa shape index (κ3) is 2.89. The minimum absolute atomic E-state index is 0.315. The molecular weight excluding hydrogens is 222 g/mol. The lowest BCUT2D eigenvalue weighted by molar-refractivity contribution is 0.00237. The molecule has 0 bridgehead atoms. The second-order valence-corrected chi connectivity index (χ2v) is 6.91. The fourth-order valence-corrected chi connectivity index (χ4v) is 3.64. The van der Waals surface area contributed by atoms with Crippen LogP contribution in [0.4, 0.5) is 0 Å². The van der Waals surface area contributed by atoms with Gasteiger partial charge in [0.25, 0.3) is 0 Å². The van der Waals surface area contributed by atoms with E-state index in [9.17, 15) is 0 Å². The Bertz CT molecular complexity index is 281. The Morgan fingerprint density at radius 1 is 1.33 bits per heavy atom. The first-order chi connectivity index (χ1) is 8.45. The van der Waals surface area contributed by atoms with E-state index in [0.29, 0.717) is 11.6 Å². The highest BCUT2D eigenvalue weighted by Gasteiger charge is 2.39. The van der Waals surface area contributed by atoms with E-state index >= 15 is 0 Å². The molecule has 1 N–H and O–H groups in total. The van der Waals surface area contributed by atoms with Crippen LogP contribution in [0.5, 0.6) is 0 Å². The molecule has 0 aliphatic carbocycles. The number of nitrogens with zero attached hydrogens (tertiary/aromatic N) is 2. The van der Waals surface area contributed by atoms with Crippen molar-refractivity contribution in [3.8, 4) is 0 Å². The van der Waals surface area contributed by atoms with Crippen molar-refractivity contribution in [3.63, 3.8) is 0 Å². The number of rotatable bonds is 2. The molecule has 2 aliphatic rings. The number of hydrogen-bond acceptors (Lipinski definition) is 3. The van der Waals surface area contributed by atoms with Gasteiger partial charge in [-0.1, -0.05) is 13.8 Å². The Balaban J connectivity index is 2.05. The Morgan fingerprint density at radius 2 is 2.06 bits per heavy atom. The zero-order valence-corrected chi connectivity index (χ0v) is 12.9. The van der Waals surface area contributed by atoms with Gasteiger partial charge in [-0.3, -0.25) is 4.90 Å². The average Bonchev–Trinajstić information content (AvgIpc) is 2.33. The van der Waals surface area contributed by atoms with E-state index in [1.807, 2.05) is 0 Å². The van der Waals surface area contributed by atoms with Gasteiger partial charge in [-0.2, -0.15) is 0 Å². The van der Waals surface area contributed by atoms with Crippen LogP contribution in [0.2, 0.25) is 0 Å². The molecule has 0 aromatic carbocycles. The van der Waals surface area contributed by atoms with Gasteiger partial charge in [-0.15, -0.1) is 0 Å². The summed E-state index contributed by atoms with van der Waals surface area (Å²) in [5, 5.41) is 3.74. The monoisotopic (exact) mass is 253 g/mol. The molecule has 0 amide bonds. The molecule has 18 heavy (non-hydrogen) atoms. The van der Waals surface area contributed by atoms with Gasteiger partial charge < -0.3 is 10.2 Å². The van der Waals surface area contributed by atoms with Gasteiger partial charge in [0.2, 0.25) is 0 Å². The molecule has 0 aromatic heterocycles. The van der Waals surface area contributed by atoms with E-state index in [2.05, 4.69) is 49.9 Å². The van der Waals surface area contributed by atoms with E-state index in [-0.39, 0.29) is 0 Å². The van der Waals surface area contributed by atoms with Crippen LogP contribution in [-0.4, -0.2) is 60.6 Å². The largest absolute Gasteiger partial charge is 0.309 e. The van der Waals surface area contributed by atoms with Crippen molar-refractivity contribution in [2.24, 2.45) is 5.92 Å². The lowest BCUT2D eigenvalue weighted by Gasteiger charge is -2.51. The molecule has 0 saturated carbocycles. The number of nitrogens with one attached hydrogen (secondary N) is 1. The molecule has 4 atom stereocenters. The smallest absolute Gasteiger partial charge is 0.0278 e. The maximum atomic E-state index is 3.74. The lowest BCUT2D eigenvalue weighted by atomic mass is 9.87. The fourth-order valence-electron chi connectivity index (χ4n) is 3.64. The first-order valence-electron chi connectivity index (χ1n) is 7.64. The molecule has 0 aromatic rings. The van der Waals surface area contributed by atoms with Crippen LogP contribution in [0.1, 0.15) is 40.5 Å². The van der Waals surface area contributed by atoms with E-state index in [0.717, 1.165) is 18.5 Å². The van der Waals surface area contributed by atoms with Crippen LogP contribution in [0.3, 0.4) is 0 Å². The minimum atomic E-state index is 0.315. The second-order valence-electron chi connectivity index (χ2n) is 6.91. The predicted molar refractivity (Wildman–Crippen MR) is 77.9 cm³/mol. The molecule has 0 radical (unpaired) electrons. The summed E-state index contributed by atoms with van der Waals surface area (Å²) in [6, 6.07) is 1.46. The van der Waals surface area contributed by atoms with Crippen molar-refractivity contribution in [1.82, 2.24) is 15.1 Å². The molecular formula is C15H31N3. The maximum Gasteiger partial charge on any atom is 0.0278 e. The Morgan fingerprint density at radius 3 is 2.67 bits per heavy atom. The summed E-state index contributed by atoms with van der Waals surface area (Å²) in [5.74, 6) is 0.797. The highest BCUT2D eigenvalue weighted by atomic mass is 15.3. The van der Waals surface area contributed by atoms with Gasteiger partial charge in [-0.05, 0) is 46.2 Å². The number of hydrogen-bond donors (Lipinski definition) is 1. The first-order valence-corrected chi connectivity index (χ1v) is 7.64. The summed E-state index contributed by atoms with van der Waals surface area (Å²) in [6.45, 7) is 14.4. The van der Waals surface area contributed by atoms with E-state index in [1.165, 1.54) is 32.5 Å². The fraction of sp³-hybridized carbons (Fsp3) is 1.00. The lowest BCUT2D eigenvalue weighted by Crippen LogP contribution is -2.66. The summed E-state index contributed by atoms with van der Waals surface area (Å²) in [6.07, 6.45) is 2.55. The molecule has 0 spiro atoms. The molecule has 2 aliphatic heterocycles. The quantitative estimate of drug-likeness (QED) is 0.809. The predicted octanol–water partition coefficient (Wildman–Crippen LogP) is 1.79. The van der Waals surface area contributed by atoms with Crippen LogP contribution in [0.25, 0.3) is 0 Å². The SMILES string of the molecule is CCC1(C)CN(C2CCN(C)CC2C)C(C)CN1. The molecule has 106 valence electrons. The molecule has 3 nitrogen and oxygen atoms in total. The number of likely N-dealkylation sites (tertiary alicyclic amines) is 1. The highest BCUT2D eigenvalue weighted by molar-refractivity contribution is 4.97. The third-order valence-electron chi connectivity index (χ3n) is 5.19. The molecule has 4 unspecified atom stereocenters. The van der Waals surface area contributed by atoms with Crippen molar-refractivity contribution in [2.45, 2.75) is 58.2 Å². The topological polar surface area (TPSA) is 18.5 Å². The van der Waals surface area contributed by atoms with Gasteiger partial charge in [0.05, 0.1) is 0 Å². The maximum absolute atomic E-state index is 3.74. The van der Waals surface area contributed by atoms with Crippen molar-refractivity contribution >= 4 is 0 Å². The van der Waals surface area contributed by atoms with Crippen LogP contribution in [0.15, 0.2) is 0 Å². The van der Waals surface area contributed by atoms with Gasteiger partial charge >= 0.3 is 0 Å². The van der Waals surface area contributed by atoms with Crippen molar-refractivity contribution < 1.29 is 0 Å². The minimum Gasteiger partial charge on any atom is -0.309 e. The van der Waals surface area contributed by atoms with Crippen LogP contribution in [0, 0.1) is 5.92 Å². The molecule has 2 heterocycles. The van der Waals surface area contributed by atoms with Gasteiger partial charge in [0.1, 0.15) is 0 Å². The first kappa shape index (κ1) is 14.3. The zero-order valence-electron chi connectivity index (χ0n) is 12.9. The van der Waals surface area contributed by atoms with Crippen LogP contribution in [-0.2, 0) is 0 Å². The summed E-state index contributed by atoms with van der Waals surface area (Å²) >= 11 is 0. The van der Waals surface area contributed by atoms with Crippen LogP contribution >= 0.6 is 0 Å². The second kappa shape index (κ2) is 5.48. The Kier molecular flexibility index (Phi) is 4.35. The van der Waals surface area contributed by atoms with Crippen molar-refractivity contribution in [1.29, 1.82) is 0 Å². The van der Waals surface area contributed by atoms with Gasteiger partial charge in [-0.25, -0.2) is 0 Å². The van der Waals surface area contributed by atoms with E-state index in [1.54, 1.807) is 0 Å². The van der Waals surface area contributed by atoms with Gasteiger partial charge in [0.15, 0.2) is 0 Å². The zero-order chi connectivity index (χ0) is 13.3. The standard InChI is InChI=1S/C15H31N3/c1-6-15(4)11-18(13(3)9-16-15)14-7-8-17(5)10-12(14)2/h12-14,16H,6-11H2,1-5H3. The summed E-state index contributed by atoms with van der Waals surface area (Å²) < 4.78 is 0. The summed E-state index contributed by atoms with van der Waals surface area (Å²) in [5.41, 5.74) is 0.315. The number of piperidine rings is 1. The van der Waals surface area contributed by atoms with Gasteiger partial charge in [0, 0.05) is 37.3 Å². The summed E-state index contributed by atoms with van der Waals surface area (Å²) in [4.78, 5) is 5.27. The van der Waals surface area contributed by atoms with Crippen LogP contribution < -0.4 is 5.32 Å².